The Hall–Kier alpha value is -2.12. The SMILES string of the molecule is CC1CN(c2nn(C)c(=O)n(C)c2=O)CC1C(=O)O. The maximum Gasteiger partial charge on any atom is 0.346 e. The second-order valence-electron chi connectivity index (χ2n) is 4.92. The fourth-order valence-corrected chi connectivity index (χ4v) is 2.34. The minimum atomic E-state index is -0.878. The summed E-state index contributed by atoms with van der Waals surface area (Å²) in [5, 5.41) is 13.0. The fraction of sp³-hybridized carbons (Fsp3) is 0.636. The van der Waals surface area contributed by atoms with Crippen LogP contribution in [0.1, 0.15) is 6.92 Å². The average Bonchev–Trinajstić information content (AvgIpc) is 2.73. The zero-order valence-electron chi connectivity index (χ0n) is 11.0. The van der Waals surface area contributed by atoms with Crippen LogP contribution in [0.4, 0.5) is 5.82 Å². The number of carbonyl (C=O) groups is 1. The van der Waals surface area contributed by atoms with Crippen molar-refractivity contribution in [3.63, 3.8) is 0 Å². The second kappa shape index (κ2) is 4.52. The fourth-order valence-electron chi connectivity index (χ4n) is 2.34. The Morgan fingerprint density at radius 1 is 1.32 bits per heavy atom. The number of hydrogen-bond acceptors (Lipinski definition) is 5. The van der Waals surface area contributed by atoms with E-state index in [4.69, 9.17) is 5.11 Å². The summed E-state index contributed by atoms with van der Waals surface area (Å²) in [6, 6.07) is 0. The van der Waals surface area contributed by atoms with E-state index < -0.39 is 23.1 Å². The molecular weight excluding hydrogens is 252 g/mol. The van der Waals surface area contributed by atoms with Gasteiger partial charge < -0.3 is 10.0 Å². The number of carboxylic acid groups (broad SMARTS) is 1. The van der Waals surface area contributed by atoms with Crippen LogP contribution in [0.2, 0.25) is 0 Å². The van der Waals surface area contributed by atoms with Crippen molar-refractivity contribution < 1.29 is 9.90 Å². The molecule has 1 saturated heterocycles. The van der Waals surface area contributed by atoms with E-state index in [9.17, 15) is 14.4 Å². The van der Waals surface area contributed by atoms with Gasteiger partial charge in [-0.25, -0.2) is 9.48 Å². The van der Waals surface area contributed by atoms with Crippen LogP contribution in [0.15, 0.2) is 9.59 Å². The number of rotatable bonds is 2. The molecule has 0 bridgehead atoms. The molecule has 2 heterocycles. The first-order chi connectivity index (χ1) is 8.82. The van der Waals surface area contributed by atoms with Crippen molar-refractivity contribution >= 4 is 11.8 Å². The summed E-state index contributed by atoms with van der Waals surface area (Å²) in [5.41, 5.74) is -1.00. The highest BCUT2D eigenvalue weighted by molar-refractivity contribution is 5.72. The molecule has 1 N–H and O–H groups in total. The Bertz CT molecular complexity index is 633. The number of nitrogens with zero attached hydrogens (tertiary/aromatic N) is 4. The van der Waals surface area contributed by atoms with E-state index in [0.717, 1.165) is 9.25 Å². The van der Waals surface area contributed by atoms with Gasteiger partial charge in [-0.1, -0.05) is 6.92 Å². The van der Waals surface area contributed by atoms with Gasteiger partial charge >= 0.3 is 11.7 Å². The lowest BCUT2D eigenvalue weighted by Crippen LogP contribution is -2.42. The van der Waals surface area contributed by atoms with Crippen molar-refractivity contribution in [2.24, 2.45) is 25.9 Å². The van der Waals surface area contributed by atoms with Crippen LogP contribution < -0.4 is 16.1 Å². The molecule has 1 fully saturated rings. The smallest absolute Gasteiger partial charge is 0.346 e. The molecule has 104 valence electrons. The Balaban J connectivity index is 2.43. The lowest BCUT2D eigenvalue weighted by atomic mass is 9.99. The summed E-state index contributed by atoms with van der Waals surface area (Å²) in [7, 11) is 2.84. The molecule has 0 amide bonds. The second-order valence-corrected chi connectivity index (χ2v) is 4.92. The van der Waals surface area contributed by atoms with E-state index in [-0.39, 0.29) is 18.3 Å². The van der Waals surface area contributed by atoms with Crippen LogP contribution in [0.25, 0.3) is 0 Å². The van der Waals surface area contributed by atoms with E-state index >= 15 is 0 Å². The van der Waals surface area contributed by atoms with Crippen molar-refractivity contribution in [3.8, 4) is 0 Å². The molecule has 0 radical (unpaired) electrons. The topological polar surface area (TPSA) is 97.4 Å². The summed E-state index contributed by atoms with van der Waals surface area (Å²) in [4.78, 5) is 36.3. The third kappa shape index (κ3) is 2.13. The summed E-state index contributed by atoms with van der Waals surface area (Å²) < 4.78 is 2.05. The highest BCUT2D eigenvalue weighted by atomic mass is 16.4. The van der Waals surface area contributed by atoms with Gasteiger partial charge in [0.25, 0.3) is 5.56 Å². The van der Waals surface area contributed by atoms with E-state index in [2.05, 4.69) is 5.10 Å². The van der Waals surface area contributed by atoms with Crippen molar-refractivity contribution in [2.45, 2.75) is 6.92 Å². The average molecular weight is 268 g/mol. The normalized spacial score (nSPS) is 22.8. The lowest BCUT2D eigenvalue weighted by Gasteiger charge is -2.17. The predicted octanol–water partition coefficient (Wildman–Crippen LogP) is -1.36. The first-order valence-corrected chi connectivity index (χ1v) is 5.95. The predicted molar refractivity (Wildman–Crippen MR) is 67.2 cm³/mol. The highest BCUT2D eigenvalue weighted by Gasteiger charge is 2.36. The number of aryl methyl sites for hydroxylation is 1. The van der Waals surface area contributed by atoms with Gasteiger partial charge in [0.1, 0.15) is 0 Å². The van der Waals surface area contributed by atoms with Gasteiger partial charge in [0, 0.05) is 27.2 Å². The first-order valence-electron chi connectivity index (χ1n) is 5.95. The molecule has 0 spiro atoms. The van der Waals surface area contributed by atoms with Crippen molar-refractivity contribution in [1.29, 1.82) is 0 Å². The molecule has 8 heteroatoms. The van der Waals surface area contributed by atoms with Crippen LogP contribution in [0.3, 0.4) is 0 Å². The van der Waals surface area contributed by atoms with Crippen LogP contribution in [0, 0.1) is 11.8 Å². The molecule has 8 nitrogen and oxygen atoms in total. The Kier molecular flexibility index (Phi) is 3.17. The summed E-state index contributed by atoms with van der Waals surface area (Å²) in [6.07, 6.45) is 0. The first kappa shape index (κ1) is 13.3. The number of anilines is 1. The standard InChI is InChI=1S/C11H16N4O4/c1-6-4-15(5-7(6)10(17)18)8-9(16)13(2)11(19)14(3)12-8/h6-7H,4-5H2,1-3H3,(H,17,18). The summed E-state index contributed by atoms with van der Waals surface area (Å²) in [5.74, 6) is -1.35. The quantitative estimate of drug-likeness (QED) is 0.711. The minimum absolute atomic E-state index is 0.0683. The van der Waals surface area contributed by atoms with E-state index in [0.29, 0.717) is 6.54 Å². The largest absolute Gasteiger partial charge is 0.481 e. The van der Waals surface area contributed by atoms with Gasteiger partial charge in [-0.3, -0.25) is 14.2 Å². The molecule has 1 aliphatic rings. The monoisotopic (exact) mass is 268 g/mol. The number of hydrogen-bond donors (Lipinski definition) is 1. The van der Waals surface area contributed by atoms with Crippen LogP contribution in [-0.4, -0.2) is 38.5 Å². The zero-order valence-corrected chi connectivity index (χ0v) is 11.0. The highest BCUT2D eigenvalue weighted by Crippen LogP contribution is 2.25. The van der Waals surface area contributed by atoms with Crippen molar-refractivity contribution in [1.82, 2.24) is 14.3 Å². The number of aliphatic carboxylic acids is 1. The summed E-state index contributed by atoms with van der Waals surface area (Å²) >= 11 is 0. The van der Waals surface area contributed by atoms with E-state index in [1.54, 1.807) is 4.90 Å². The number of aromatic nitrogens is 3. The van der Waals surface area contributed by atoms with E-state index in [1.165, 1.54) is 14.1 Å². The van der Waals surface area contributed by atoms with Gasteiger partial charge in [0.2, 0.25) is 5.82 Å². The molecule has 0 aromatic carbocycles. The molecule has 0 saturated carbocycles. The summed E-state index contributed by atoms with van der Waals surface area (Å²) in [6.45, 7) is 2.50. The molecule has 2 atom stereocenters. The van der Waals surface area contributed by atoms with Crippen LogP contribution in [-0.2, 0) is 18.9 Å². The third-order valence-electron chi connectivity index (χ3n) is 3.53. The molecule has 1 aliphatic heterocycles. The minimum Gasteiger partial charge on any atom is -0.481 e. The van der Waals surface area contributed by atoms with Crippen molar-refractivity contribution in [2.75, 3.05) is 18.0 Å². The van der Waals surface area contributed by atoms with Gasteiger partial charge in [-0.05, 0) is 5.92 Å². The molecule has 19 heavy (non-hydrogen) atoms. The van der Waals surface area contributed by atoms with E-state index in [1.807, 2.05) is 6.92 Å². The lowest BCUT2D eigenvalue weighted by molar-refractivity contribution is -0.142. The molecule has 2 rings (SSSR count). The number of carboxylic acids is 1. The van der Waals surface area contributed by atoms with Crippen molar-refractivity contribution in [3.05, 3.63) is 20.8 Å². The molecule has 1 aromatic heterocycles. The van der Waals surface area contributed by atoms with Gasteiger partial charge in [-0.15, -0.1) is 5.10 Å². The zero-order chi connectivity index (χ0) is 14.3. The Morgan fingerprint density at radius 2 is 1.95 bits per heavy atom. The Morgan fingerprint density at radius 3 is 2.47 bits per heavy atom. The maximum atomic E-state index is 12.0. The maximum absolute atomic E-state index is 12.0. The molecule has 2 unspecified atom stereocenters. The molecule has 1 aromatic rings. The molecular formula is C11H16N4O4. The molecule has 0 aliphatic carbocycles. The van der Waals surface area contributed by atoms with Crippen LogP contribution in [0.5, 0.6) is 0 Å². The van der Waals surface area contributed by atoms with Crippen LogP contribution >= 0.6 is 0 Å². The Labute approximate surface area is 108 Å². The third-order valence-corrected chi connectivity index (χ3v) is 3.53. The van der Waals surface area contributed by atoms with Gasteiger partial charge in [0.15, 0.2) is 0 Å². The van der Waals surface area contributed by atoms with Gasteiger partial charge in [-0.2, -0.15) is 0 Å². The van der Waals surface area contributed by atoms with Gasteiger partial charge in [0.05, 0.1) is 5.92 Å².